The van der Waals surface area contributed by atoms with Gasteiger partial charge in [-0.15, -0.1) is 21.5 Å². The van der Waals surface area contributed by atoms with Crippen molar-refractivity contribution in [3.8, 4) is 0 Å². The van der Waals surface area contributed by atoms with E-state index in [-0.39, 0.29) is 5.56 Å². The lowest BCUT2D eigenvalue weighted by molar-refractivity contribution is 0.177. The predicted molar refractivity (Wildman–Crippen MR) is 128 cm³/mol. The fraction of sp³-hybridized carbons (Fsp3) is 0.409. The van der Waals surface area contributed by atoms with Gasteiger partial charge in [-0.05, 0) is 39.0 Å². The lowest BCUT2D eigenvalue weighted by Gasteiger charge is -2.33. The number of rotatable bonds is 4. The van der Waals surface area contributed by atoms with E-state index in [1.165, 1.54) is 15.9 Å². The first kappa shape index (κ1) is 22.2. The van der Waals surface area contributed by atoms with Crippen LogP contribution in [0.4, 0.5) is 0 Å². The van der Waals surface area contributed by atoms with Gasteiger partial charge in [0.05, 0.1) is 22.3 Å². The third-order valence-electron chi connectivity index (χ3n) is 6.25. The molecule has 9 nitrogen and oxygen atoms in total. The fourth-order valence-corrected chi connectivity index (χ4v) is 7.44. The van der Waals surface area contributed by atoms with Gasteiger partial charge in [0.15, 0.2) is 5.82 Å². The molecule has 0 spiro atoms. The minimum atomic E-state index is -3.49. The molecule has 0 N–H and O–H groups in total. The van der Waals surface area contributed by atoms with Gasteiger partial charge in [-0.1, -0.05) is 11.6 Å². The van der Waals surface area contributed by atoms with E-state index >= 15 is 0 Å². The molecule has 1 fully saturated rings. The van der Waals surface area contributed by atoms with Crippen LogP contribution < -0.4 is 5.56 Å². The molecule has 0 radical (unpaired) electrons. The Hall–Kier alpha value is -2.60. The van der Waals surface area contributed by atoms with Gasteiger partial charge in [0.1, 0.15) is 0 Å². The summed E-state index contributed by atoms with van der Waals surface area (Å²) in [6.07, 6.45) is 0. The Morgan fingerprint density at radius 2 is 1.76 bits per heavy atom. The molecule has 1 aliphatic rings. The molecule has 0 atom stereocenters. The molecule has 1 aromatic carbocycles. The van der Waals surface area contributed by atoms with E-state index in [9.17, 15) is 13.2 Å². The molecule has 174 valence electrons. The minimum Gasteiger partial charge on any atom is -0.293 e. The molecule has 0 saturated carbocycles. The zero-order valence-corrected chi connectivity index (χ0v) is 20.7. The van der Waals surface area contributed by atoms with Crippen LogP contribution in [0.3, 0.4) is 0 Å². The average Bonchev–Trinajstić information content (AvgIpc) is 3.35. The first-order valence-corrected chi connectivity index (χ1v) is 13.1. The van der Waals surface area contributed by atoms with Crippen LogP contribution in [0, 0.1) is 20.8 Å². The normalized spacial score (nSPS) is 16.2. The summed E-state index contributed by atoms with van der Waals surface area (Å²) in [5, 5.41) is 9.27. The molecule has 0 bridgehead atoms. The molecule has 0 unspecified atom stereocenters. The van der Waals surface area contributed by atoms with Crippen molar-refractivity contribution >= 4 is 38.0 Å². The topological polar surface area (TPSA) is 92.8 Å². The number of piperazine rings is 1. The molecule has 4 aromatic rings. The smallest absolute Gasteiger partial charge is 0.262 e. The zero-order valence-electron chi connectivity index (χ0n) is 19.1. The zero-order chi connectivity index (χ0) is 23.5. The summed E-state index contributed by atoms with van der Waals surface area (Å²) < 4.78 is 31.3. The van der Waals surface area contributed by atoms with Gasteiger partial charge in [-0.25, -0.2) is 8.42 Å². The molecule has 4 heterocycles. The van der Waals surface area contributed by atoms with Crippen molar-refractivity contribution in [3.05, 3.63) is 55.8 Å². The number of sulfonamides is 1. The Labute approximate surface area is 195 Å². The molecule has 0 aliphatic carbocycles. The second-order valence-corrected chi connectivity index (χ2v) is 12.0. The molecule has 33 heavy (non-hydrogen) atoms. The third kappa shape index (κ3) is 3.68. The second kappa shape index (κ2) is 8.01. The maximum atomic E-state index is 13.1. The van der Waals surface area contributed by atoms with Crippen molar-refractivity contribution < 1.29 is 8.42 Å². The molecular formula is C22H26N6O3S2. The van der Waals surface area contributed by atoms with E-state index < -0.39 is 10.0 Å². The van der Waals surface area contributed by atoms with Crippen molar-refractivity contribution in [1.82, 2.24) is 28.4 Å². The Bertz CT molecular complexity index is 1540. The minimum absolute atomic E-state index is 0.0991. The highest BCUT2D eigenvalue weighted by atomic mass is 32.2. The lowest BCUT2D eigenvalue weighted by Crippen LogP contribution is -2.48. The number of thiophene rings is 1. The highest BCUT2D eigenvalue weighted by molar-refractivity contribution is 7.89. The first-order chi connectivity index (χ1) is 15.7. The number of nitrogens with zero attached hydrogens (tertiary/aromatic N) is 6. The average molecular weight is 487 g/mol. The summed E-state index contributed by atoms with van der Waals surface area (Å²) in [7, 11) is -1.79. The molecule has 11 heteroatoms. The number of hydrogen-bond acceptors (Lipinski definition) is 7. The van der Waals surface area contributed by atoms with Crippen molar-refractivity contribution in [2.75, 3.05) is 26.2 Å². The third-order valence-corrected chi connectivity index (χ3v) is 9.37. The van der Waals surface area contributed by atoms with Crippen LogP contribution in [0.15, 0.2) is 34.0 Å². The number of aryl methyl sites for hydroxylation is 4. The highest BCUT2D eigenvalue weighted by Gasteiger charge is 2.31. The SMILES string of the molecule is Cc1ccc2c(c1)c(=O)n(C)c1nnc(CN3CCN(S(=O)(=O)c4cc(C)sc4C)CC3)n21. The van der Waals surface area contributed by atoms with Gasteiger partial charge in [0, 0.05) is 43.0 Å². The van der Waals surface area contributed by atoms with Crippen LogP contribution in [-0.4, -0.2) is 63.0 Å². The largest absolute Gasteiger partial charge is 0.293 e. The maximum absolute atomic E-state index is 13.1. The van der Waals surface area contributed by atoms with Crippen molar-refractivity contribution in [2.24, 2.45) is 7.05 Å². The van der Waals surface area contributed by atoms with E-state index in [1.807, 2.05) is 43.4 Å². The molecular weight excluding hydrogens is 460 g/mol. The summed E-state index contributed by atoms with van der Waals surface area (Å²) in [5.74, 6) is 1.23. The van der Waals surface area contributed by atoms with Crippen LogP contribution >= 0.6 is 11.3 Å². The van der Waals surface area contributed by atoms with Crippen LogP contribution in [0.1, 0.15) is 21.1 Å². The fourth-order valence-electron chi connectivity index (χ4n) is 4.49. The number of fused-ring (bicyclic) bond motifs is 3. The highest BCUT2D eigenvalue weighted by Crippen LogP contribution is 2.28. The van der Waals surface area contributed by atoms with Gasteiger partial charge in [0.2, 0.25) is 15.8 Å². The Balaban J connectivity index is 1.41. The van der Waals surface area contributed by atoms with Crippen LogP contribution in [-0.2, 0) is 23.6 Å². The van der Waals surface area contributed by atoms with Gasteiger partial charge < -0.3 is 0 Å². The van der Waals surface area contributed by atoms with E-state index in [0.29, 0.717) is 48.8 Å². The van der Waals surface area contributed by atoms with Gasteiger partial charge in [-0.3, -0.25) is 18.7 Å². The summed E-state index contributed by atoms with van der Waals surface area (Å²) in [5.41, 5.74) is 1.70. The molecule has 1 saturated heterocycles. The van der Waals surface area contributed by atoms with Gasteiger partial charge >= 0.3 is 0 Å². The van der Waals surface area contributed by atoms with E-state index in [4.69, 9.17) is 0 Å². The second-order valence-electron chi connectivity index (χ2n) is 8.59. The Morgan fingerprint density at radius 1 is 1.03 bits per heavy atom. The molecule has 1 aliphatic heterocycles. The summed E-state index contributed by atoms with van der Waals surface area (Å²) in [4.78, 5) is 17.2. The number of benzene rings is 1. The summed E-state index contributed by atoms with van der Waals surface area (Å²) in [6, 6.07) is 7.56. The van der Waals surface area contributed by atoms with Crippen LogP contribution in [0.5, 0.6) is 0 Å². The lowest BCUT2D eigenvalue weighted by atomic mass is 10.1. The standard InChI is InChI=1S/C22H26N6O3S2/c1-14-5-6-18-17(11-14)21(29)25(4)22-24-23-20(28(18)22)13-26-7-9-27(10-8-26)33(30,31)19-12-15(2)32-16(19)3/h5-6,11-12H,7-10,13H2,1-4H3. The predicted octanol–water partition coefficient (Wildman–Crippen LogP) is 2.07. The van der Waals surface area contributed by atoms with E-state index in [0.717, 1.165) is 26.7 Å². The summed E-state index contributed by atoms with van der Waals surface area (Å²) >= 11 is 1.51. The first-order valence-electron chi connectivity index (χ1n) is 10.8. The van der Waals surface area contributed by atoms with E-state index in [2.05, 4.69) is 15.1 Å². The number of hydrogen-bond donors (Lipinski definition) is 0. The van der Waals surface area contributed by atoms with Crippen molar-refractivity contribution in [1.29, 1.82) is 0 Å². The summed E-state index contributed by atoms with van der Waals surface area (Å²) in [6.45, 7) is 8.31. The number of aromatic nitrogens is 4. The van der Waals surface area contributed by atoms with E-state index in [1.54, 1.807) is 17.4 Å². The Morgan fingerprint density at radius 3 is 2.42 bits per heavy atom. The molecule has 5 rings (SSSR count). The van der Waals surface area contributed by atoms with Crippen LogP contribution in [0.2, 0.25) is 0 Å². The Kier molecular flexibility index (Phi) is 5.39. The maximum Gasteiger partial charge on any atom is 0.262 e. The van der Waals surface area contributed by atoms with Gasteiger partial charge in [0.25, 0.3) is 5.56 Å². The monoisotopic (exact) mass is 486 g/mol. The van der Waals surface area contributed by atoms with Crippen molar-refractivity contribution in [3.63, 3.8) is 0 Å². The van der Waals surface area contributed by atoms with Crippen LogP contribution in [0.25, 0.3) is 16.7 Å². The molecule has 3 aromatic heterocycles. The van der Waals surface area contributed by atoms with Gasteiger partial charge in [-0.2, -0.15) is 4.31 Å². The van der Waals surface area contributed by atoms with Crippen molar-refractivity contribution in [2.45, 2.75) is 32.2 Å². The molecule has 0 amide bonds. The quantitative estimate of drug-likeness (QED) is 0.439.